The maximum absolute atomic E-state index is 12.7. The molecular weight excluding hydrogens is 311 g/mol. The first-order chi connectivity index (χ1) is 7.66. The Balaban J connectivity index is 3.60. The SMILES string of the molecule is CC(=O)c1ccc(C(F)F)c(Br)c1C(F)(F)F. The Morgan fingerprint density at radius 3 is 2.18 bits per heavy atom. The van der Waals surface area contributed by atoms with Gasteiger partial charge in [-0.05, 0) is 22.9 Å². The van der Waals surface area contributed by atoms with E-state index in [-0.39, 0.29) is 0 Å². The van der Waals surface area contributed by atoms with Crippen molar-refractivity contribution in [3.8, 4) is 0 Å². The van der Waals surface area contributed by atoms with Gasteiger partial charge < -0.3 is 0 Å². The first-order valence-electron chi connectivity index (χ1n) is 4.35. The zero-order valence-electron chi connectivity index (χ0n) is 8.41. The molecule has 1 aromatic carbocycles. The van der Waals surface area contributed by atoms with Crippen LogP contribution in [-0.4, -0.2) is 5.78 Å². The van der Waals surface area contributed by atoms with Crippen LogP contribution in [-0.2, 0) is 6.18 Å². The van der Waals surface area contributed by atoms with Gasteiger partial charge >= 0.3 is 6.18 Å². The van der Waals surface area contributed by atoms with E-state index in [4.69, 9.17) is 0 Å². The quantitative estimate of drug-likeness (QED) is 0.575. The third kappa shape index (κ3) is 2.83. The molecule has 94 valence electrons. The third-order valence-electron chi connectivity index (χ3n) is 2.07. The fourth-order valence-corrected chi connectivity index (χ4v) is 2.07. The molecule has 17 heavy (non-hydrogen) atoms. The van der Waals surface area contributed by atoms with Gasteiger partial charge in [-0.2, -0.15) is 13.2 Å². The maximum Gasteiger partial charge on any atom is 0.418 e. The lowest BCUT2D eigenvalue weighted by molar-refractivity contribution is -0.138. The molecule has 0 saturated carbocycles. The number of benzene rings is 1. The minimum atomic E-state index is -4.87. The zero-order valence-corrected chi connectivity index (χ0v) is 9.99. The Morgan fingerprint density at radius 1 is 1.29 bits per heavy atom. The molecule has 0 aliphatic carbocycles. The van der Waals surface area contributed by atoms with E-state index in [9.17, 15) is 26.7 Å². The number of ketones is 1. The van der Waals surface area contributed by atoms with E-state index in [1.54, 1.807) is 0 Å². The molecule has 0 aromatic heterocycles. The summed E-state index contributed by atoms with van der Waals surface area (Å²) in [6.07, 6.45) is -7.92. The minimum absolute atomic E-state index is 0.631. The molecule has 0 heterocycles. The highest BCUT2D eigenvalue weighted by Gasteiger charge is 2.38. The van der Waals surface area contributed by atoms with Crippen molar-refractivity contribution in [3.05, 3.63) is 33.3 Å². The molecule has 0 spiro atoms. The van der Waals surface area contributed by atoms with Crippen LogP contribution in [0.25, 0.3) is 0 Å². The summed E-state index contributed by atoms with van der Waals surface area (Å²) in [6, 6.07) is 1.57. The van der Waals surface area contributed by atoms with Crippen molar-refractivity contribution in [1.82, 2.24) is 0 Å². The molecule has 0 bridgehead atoms. The van der Waals surface area contributed by atoms with E-state index in [1.165, 1.54) is 0 Å². The van der Waals surface area contributed by atoms with Gasteiger partial charge in [0.05, 0.1) is 5.56 Å². The largest absolute Gasteiger partial charge is 0.418 e. The Hall–Kier alpha value is -0.980. The molecule has 0 aliphatic rings. The molecule has 1 nitrogen and oxygen atoms in total. The van der Waals surface area contributed by atoms with Gasteiger partial charge in [0.25, 0.3) is 6.43 Å². The van der Waals surface area contributed by atoms with Crippen LogP contribution < -0.4 is 0 Å². The van der Waals surface area contributed by atoms with Crippen molar-refractivity contribution >= 4 is 21.7 Å². The average Bonchev–Trinajstić information content (AvgIpc) is 2.14. The van der Waals surface area contributed by atoms with Crippen LogP contribution >= 0.6 is 15.9 Å². The molecule has 0 saturated heterocycles. The van der Waals surface area contributed by atoms with E-state index >= 15 is 0 Å². The molecular formula is C10H6BrF5O. The standard InChI is InChI=1S/C10H6BrF5O/c1-4(17)5-2-3-6(9(12)13)8(11)7(5)10(14,15)16/h2-3,9H,1H3. The van der Waals surface area contributed by atoms with Gasteiger partial charge in [0, 0.05) is 15.6 Å². The van der Waals surface area contributed by atoms with Gasteiger partial charge in [0.2, 0.25) is 0 Å². The van der Waals surface area contributed by atoms with Gasteiger partial charge in [-0.1, -0.05) is 12.1 Å². The van der Waals surface area contributed by atoms with Crippen LogP contribution in [0.2, 0.25) is 0 Å². The summed E-state index contributed by atoms with van der Waals surface area (Å²) in [5.41, 5.74) is -2.78. The van der Waals surface area contributed by atoms with Gasteiger partial charge in [0.15, 0.2) is 5.78 Å². The molecule has 0 aliphatic heterocycles. The molecule has 0 fully saturated rings. The summed E-state index contributed by atoms with van der Waals surface area (Å²) in [5.74, 6) is -0.834. The first kappa shape index (κ1) is 14.1. The lowest BCUT2D eigenvalue weighted by atomic mass is 10.0. The van der Waals surface area contributed by atoms with E-state index in [0.717, 1.165) is 19.1 Å². The number of Topliss-reactive ketones (excluding diaryl/α,β-unsaturated/α-hetero) is 1. The lowest BCUT2D eigenvalue weighted by Crippen LogP contribution is -2.14. The Morgan fingerprint density at radius 2 is 1.82 bits per heavy atom. The molecule has 0 atom stereocenters. The highest BCUT2D eigenvalue weighted by Crippen LogP contribution is 2.41. The predicted molar refractivity (Wildman–Crippen MR) is 54.1 cm³/mol. The molecule has 0 N–H and O–H groups in total. The van der Waals surface area contributed by atoms with Gasteiger partial charge in [-0.25, -0.2) is 8.78 Å². The summed E-state index contributed by atoms with van der Waals surface area (Å²) < 4.78 is 62.2. The van der Waals surface area contributed by atoms with Gasteiger partial charge in [-0.3, -0.25) is 4.79 Å². The fraction of sp³-hybridized carbons (Fsp3) is 0.300. The van der Waals surface area contributed by atoms with Crippen LogP contribution in [0.1, 0.15) is 34.8 Å². The Labute approximate surface area is 102 Å². The van der Waals surface area contributed by atoms with Crippen molar-refractivity contribution in [3.63, 3.8) is 0 Å². The van der Waals surface area contributed by atoms with Crippen LogP contribution in [0.5, 0.6) is 0 Å². The summed E-state index contributed by atoms with van der Waals surface area (Å²) in [4.78, 5) is 11.0. The zero-order chi connectivity index (χ0) is 13.4. The molecule has 7 heteroatoms. The molecule has 1 aromatic rings. The van der Waals surface area contributed by atoms with E-state index in [2.05, 4.69) is 15.9 Å². The van der Waals surface area contributed by atoms with Crippen LogP contribution in [0.4, 0.5) is 22.0 Å². The first-order valence-corrected chi connectivity index (χ1v) is 5.14. The normalized spacial score (nSPS) is 12.0. The van der Waals surface area contributed by atoms with E-state index < -0.39 is 39.5 Å². The number of hydrogen-bond acceptors (Lipinski definition) is 1. The minimum Gasteiger partial charge on any atom is -0.294 e. The summed E-state index contributed by atoms with van der Waals surface area (Å²) in [5, 5.41) is 0. The molecule has 0 unspecified atom stereocenters. The fourth-order valence-electron chi connectivity index (χ4n) is 1.33. The highest BCUT2D eigenvalue weighted by molar-refractivity contribution is 9.10. The maximum atomic E-state index is 12.7. The second kappa shape index (κ2) is 4.72. The van der Waals surface area contributed by atoms with Gasteiger partial charge in [-0.15, -0.1) is 0 Å². The summed E-state index contributed by atoms with van der Waals surface area (Å²) in [6.45, 7) is 0.944. The Kier molecular flexibility index (Phi) is 3.91. The van der Waals surface area contributed by atoms with Crippen LogP contribution in [0.3, 0.4) is 0 Å². The second-order valence-electron chi connectivity index (χ2n) is 3.25. The smallest absolute Gasteiger partial charge is 0.294 e. The number of halogens is 6. The van der Waals surface area contributed by atoms with Crippen molar-refractivity contribution in [2.45, 2.75) is 19.5 Å². The van der Waals surface area contributed by atoms with Gasteiger partial charge in [0.1, 0.15) is 0 Å². The van der Waals surface area contributed by atoms with Crippen LogP contribution in [0.15, 0.2) is 16.6 Å². The van der Waals surface area contributed by atoms with Crippen molar-refractivity contribution in [1.29, 1.82) is 0 Å². The van der Waals surface area contributed by atoms with E-state index in [1.807, 2.05) is 0 Å². The monoisotopic (exact) mass is 316 g/mol. The lowest BCUT2D eigenvalue weighted by Gasteiger charge is -2.15. The number of rotatable bonds is 2. The second-order valence-corrected chi connectivity index (χ2v) is 4.04. The van der Waals surface area contributed by atoms with Crippen LogP contribution in [0, 0.1) is 0 Å². The molecule has 1 rings (SSSR count). The average molecular weight is 317 g/mol. The van der Waals surface area contributed by atoms with E-state index in [0.29, 0.717) is 0 Å². The summed E-state index contributed by atoms with van der Waals surface area (Å²) in [7, 11) is 0. The molecule has 0 amide bonds. The Bertz CT molecular complexity index is 453. The number of carbonyl (C=O) groups is 1. The topological polar surface area (TPSA) is 17.1 Å². The van der Waals surface area contributed by atoms with Crippen molar-refractivity contribution < 1.29 is 26.7 Å². The van der Waals surface area contributed by atoms with Crippen molar-refractivity contribution in [2.24, 2.45) is 0 Å². The van der Waals surface area contributed by atoms with Crippen molar-refractivity contribution in [2.75, 3.05) is 0 Å². The highest BCUT2D eigenvalue weighted by atomic mass is 79.9. The predicted octanol–water partition coefficient (Wildman–Crippen LogP) is 4.61. The summed E-state index contributed by atoms with van der Waals surface area (Å²) >= 11 is 2.48. The molecule has 0 radical (unpaired) electrons. The number of carbonyl (C=O) groups excluding carboxylic acids is 1. The number of alkyl halides is 5. The third-order valence-corrected chi connectivity index (χ3v) is 2.92. The number of hydrogen-bond donors (Lipinski definition) is 0.